The molecule has 32 heavy (non-hydrogen) atoms. The maximum atomic E-state index is 12.5. The third-order valence-electron chi connectivity index (χ3n) is 5.24. The van der Waals surface area contributed by atoms with Crippen molar-refractivity contribution in [3.63, 3.8) is 0 Å². The standard InChI is InChI=1S/C23H22N2O6S/c1-12-14-6-5-13(28-2)9-17(14)31-22(27)15(12)7-8-21(26)25-23-24-16-10-18(29-3)19(30-4)11-20(16)32-23/h5-6,9-11H,7-8H2,1-4H3,(H,24,25,26). The number of amides is 1. The Kier molecular flexibility index (Phi) is 6.00. The van der Waals surface area contributed by atoms with Gasteiger partial charge in [-0.3, -0.25) is 4.79 Å². The number of nitrogens with one attached hydrogen (secondary N) is 1. The van der Waals surface area contributed by atoms with E-state index in [1.54, 1.807) is 33.5 Å². The van der Waals surface area contributed by atoms with E-state index in [-0.39, 0.29) is 18.7 Å². The molecule has 0 radical (unpaired) electrons. The molecule has 0 saturated carbocycles. The Hall–Kier alpha value is -3.59. The number of hydrogen-bond donors (Lipinski definition) is 1. The Morgan fingerprint density at radius 2 is 1.84 bits per heavy atom. The quantitative estimate of drug-likeness (QED) is 0.415. The predicted molar refractivity (Wildman–Crippen MR) is 123 cm³/mol. The maximum Gasteiger partial charge on any atom is 0.339 e. The van der Waals surface area contributed by atoms with E-state index in [0.29, 0.717) is 39.0 Å². The van der Waals surface area contributed by atoms with Gasteiger partial charge in [0.2, 0.25) is 5.91 Å². The lowest BCUT2D eigenvalue weighted by Gasteiger charge is -2.08. The van der Waals surface area contributed by atoms with Crippen molar-refractivity contribution >= 4 is 43.6 Å². The first-order chi connectivity index (χ1) is 15.4. The summed E-state index contributed by atoms with van der Waals surface area (Å²) < 4.78 is 22.1. The molecular weight excluding hydrogens is 432 g/mol. The summed E-state index contributed by atoms with van der Waals surface area (Å²) in [5, 5.41) is 4.09. The Bertz CT molecular complexity index is 1330. The van der Waals surface area contributed by atoms with E-state index in [1.807, 2.05) is 25.1 Å². The topological polar surface area (TPSA) is 99.9 Å². The zero-order chi connectivity index (χ0) is 22.8. The molecule has 4 rings (SSSR count). The van der Waals surface area contributed by atoms with Crippen molar-refractivity contribution in [3.8, 4) is 17.2 Å². The molecule has 9 heteroatoms. The van der Waals surface area contributed by atoms with Crippen LogP contribution in [0.2, 0.25) is 0 Å². The maximum absolute atomic E-state index is 12.5. The zero-order valence-electron chi connectivity index (χ0n) is 18.1. The summed E-state index contributed by atoms with van der Waals surface area (Å²) in [5.41, 5.74) is 1.99. The molecule has 0 saturated heterocycles. The number of ether oxygens (including phenoxy) is 3. The highest BCUT2D eigenvalue weighted by atomic mass is 32.1. The molecule has 0 atom stereocenters. The lowest BCUT2D eigenvalue weighted by molar-refractivity contribution is -0.116. The summed E-state index contributed by atoms with van der Waals surface area (Å²) in [6, 6.07) is 8.92. The summed E-state index contributed by atoms with van der Waals surface area (Å²) in [6.45, 7) is 1.85. The molecule has 0 unspecified atom stereocenters. The number of nitrogens with zero attached hydrogens (tertiary/aromatic N) is 1. The molecule has 1 amide bonds. The first-order valence-corrected chi connectivity index (χ1v) is 10.7. The lowest BCUT2D eigenvalue weighted by Crippen LogP contribution is -2.16. The van der Waals surface area contributed by atoms with E-state index in [0.717, 1.165) is 15.6 Å². The number of aryl methyl sites for hydroxylation is 1. The number of rotatable bonds is 7. The van der Waals surface area contributed by atoms with Gasteiger partial charge in [-0.1, -0.05) is 11.3 Å². The summed E-state index contributed by atoms with van der Waals surface area (Å²) in [5.74, 6) is 1.53. The van der Waals surface area contributed by atoms with Crippen molar-refractivity contribution in [1.29, 1.82) is 0 Å². The van der Waals surface area contributed by atoms with Gasteiger partial charge in [-0.2, -0.15) is 0 Å². The van der Waals surface area contributed by atoms with Crippen LogP contribution in [0.15, 0.2) is 39.5 Å². The number of hydrogen-bond acceptors (Lipinski definition) is 8. The fourth-order valence-electron chi connectivity index (χ4n) is 3.52. The van der Waals surface area contributed by atoms with Gasteiger partial charge in [-0.25, -0.2) is 9.78 Å². The molecule has 0 spiro atoms. The van der Waals surface area contributed by atoms with Gasteiger partial charge in [0.05, 0.1) is 31.5 Å². The van der Waals surface area contributed by atoms with Crippen molar-refractivity contribution in [2.75, 3.05) is 26.6 Å². The predicted octanol–water partition coefficient (Wildman–Crippen LogP) is 4.31. The van der Waals surface area contributed by atoms with Gasteiger partial charge in [0.1, 0.15) is 11.3 Å². The van der Waals surface area contributed by atoms with Crippen LogP contribution >= 0.6 is 11.3 Å². The minimum absolute atomic E-state index is 0.121. The fourth-order valence-corrected chi connectivity index (χ4v) is 4.41. The summed E-state index contributed by atoms with van der Waals surface area (Å²) >= 11 is 1.34. The average Bonchev–Trinajstić information content (AvgIpc) is 3.18. The monoisotopic (exact) mass is 454 g/mol. The molecule has 8 nitrogen and oxygen atoms in total. The summed E-state index contributed by atoms with van der Waals surface area (Å²) in [4.78, 5) is 29.5. The highest BCUT2D eigenvalue weighted by Crippen LogP contribution is 2.36. The minimum Gasteiger partial charge on any atom is -0.497 e. The summed E-state index contributed by atoms with van der Waals surface area (Å²) in [6.07, 6.45) is 0.379. The Morgan fingerprint density at radius 1 is 1.09 bits per heavy atom. The van der Waals surface area contributed by atoms with Gasteiger partial charge in [0, 0.05) is 35.6 Å². The first-order valence-electron chi connectivity index (χ1n) is 9.86. The molecule has 0 bridgehead atoms. The van der Waals surface area contributed by atoms with E-state index in [2.05, 4.69) is 10.3 Å². The van der Waals surface area contributed by atoms with Crippen LogP contribution in [0.1, 0.15) is 17.5 Å². The van der Waals surface area contributed by atoms with E-state index in [9.17, 15) is 9.59 Å². The van der Waals surface area contributed by atoms with Crippen LogP contribution in [-0.4, -0.2) is 32.2 Å². The number of thiazole rings is 1. The van der Waals surface area contributed by atoms with Gasteiger partial charge in [0.25, 0.3) is 0 Å². The van der Waals surface area contributed by atoms with Crippen molar-refractivity contribution in [2.24, 2.45) is 0 Å². The second-order valence-electron chi connectivity index (χ2n) is 7.10. The smallest absolute Gasteiger partial charge is 0.339 e. The van der Waals surface area contributed by atoms with Gasteiger partial charge < -0.3 is 23.9 Å². The van der Waals surface area contributed by atoms with Gasteiger partial charge in [-0.15, -0.1) is 0 Å². The number of methoxy groups -OCH3 is 3. The fraction of sp³-hybridized carbons (Fsp3) is 0.261. The van der Waals surface area contributed by atoms with Crippen molar-refractivity contribution in [1.82, 2.24) is 4.98 Å². The van der Waals surface area contributed by atoms with E-state index in [1.165, 1.54) is 11.3 Å². The van der Waals surface area contributed by atoms with Crippen LogP contribution in [0.5, 0.6) is 17.2 Å². The molecule has 1 N–H and O–H groups in total. The van der Waals surface area contributed by atoms with E-state index in [4.69, 9.17) is 18.6 Å². The van der Waals surface area contributed by atoms with Crippen LogP contribution in [0, 0.1) is 6.92 Å². The number of carbonyl (C=O) groups is 1. The number of carbonyl (C=O) groups excluding carboxylic acids is 1. The lowest BCUT2D eigenvalue weighted by atomic mass is 10.0. The van der Waals surface area contributed by atoms with Gasteiger partial charge >= 0.3 is 5.63 Å². The molecule has 0 fully saturated rings. The Labute approximate surface area is 187 Å². The minimum atomic E-state index is -0.449. The van der Waals surface area contributed by atoms with Crippen LogP contribution in [0.4, 0.5) is 5.13 Å². The molecule has 4 aromatic rings. The third kappa shape index (κ3) is 4.11. The van der Waals surface area contributed by atoms with Crippen LogP contribution in [0.3, 0.4) is 0 Å². The van der Waals surface area contributed by atoms with Crippen molar-refractivity contribution in [2.45, 2.75) is 19.8 Å². The van der Waals surface area contributed by atoms with Gasteiger partial charge in [-0.05, 0) is 31.0 Å². The SMILES string of the molecule is COc1ccc2c(C)c(CCC(=O)Nc3nc4cc(OC)c(OC)cc4s3)c(=O)oc2c1. The second-order valence-corrected chi connectivity index (χ2v) is 8.13. The normalized spacial score (nSPS) is 11.0. The largest absolute Gasteiger partial charge is 0.497 e. The molecule has 2 aromatic heterocycles. The molecule has 0 aliphatic heterocycles. The van der Waals surface area contributed by atoms with Gasteiger partial charge in [0.15, 0.2) is 16.6 Å². The highest BCUT2D eigenvalue weighted by molar-refractivity contribution is 7.22. The number of anilines is 1. The summed E-state index contributed by atoms with van der Waals surface area (Å²) in [7, 11) is 4.67. The zero-order valence-corrected chi connectivity index (χ0v) is 18.9. The second kappa shape index (κ2) is 8.88. The number of aromatic nitrogens is 1. The van der Waals surface area contributed by atoms with Crippen LogP contribution < -0.4 is 25.2 Å². The Balaban J connectivity index is 1.50. The van der Waals surface area contributed by atoms with Crippen molar-refractivity contribution in [3.05, 3.63) is 51.9 Å². The number of fused-ring (bicyclic) bond motifs is 2. The third-order valence-corrected chi connectivity index (χ3v) is 6.17. The molecular formula is C23H22N2O6S. The van der Waals surface area contributed by atoms with Crippen LogP contribution in [0.25, 0.3) is 21.2 Å². The average molecular weight is 455 g/mol. The van der Waals surface area contributed by atoms with Crippen LogP contribution in [-0.2, 0) is 11.2 Å². The molecule has 2 heterocycles. The number of benzene rings is 2. The van der Waals surface area contributed by atoms with E-state index < -0.39 is 5.63 Å². The first kappa shape index (κ1) is 21.6. The van der Waals surface area contributed by atoms with E-state index >= 15 is 0 Å². The Morgan fingerprint density at radius 3 is 2.56 bits per heavy atom. The molecule has 0 aliphatic rings. The molecule has 2 aromatic carbocycles. The van der Waals surface area contributed by atoms with Crippen molar-refractivity contribution < 1.29 is 23.4 Å². The molecule has 166 valence electrons. The highest BCUT2D eigenvalue weighted by Gasteiger charge is 2.16. The molecule has 0 aliphatic carbocycles.